The second-order valence-electron chi connectivity index (χ2n) is 4.97. The third-order valence-corrected chi connectivity index (χ3v) is 3.51. The Labute approximate surface area is 132 Å². The van der Waals surface area contributed by atoms with E-state index in [1.807, 2.05) is 0 Å². The van der Waals surface area contributed by atoms with Gasteiger partial charge in [0.2, 0.25) is 5.89 Å². The number of hydrogen-bond acceptors (Lipinski definition) is 7. The highest BCUT2D eigenvalue weighted by atomic mass is 16.5. The molecule has 23 heavy (non-hydrogen) atoms. The van der Waals surface area contributed by atoms with Gasteiger partial charge in [-0.25, -0.2) is 0 Å². The molecule has 1 atom stereocenters. The molecule has 1 amide bonds. The fourth-order valence-electron chi connectivity index (χ4n) is 2.33. The molecule has 0 radical (unpaired) electrons. The van der Waals surface area contributed by atoms with E-state index in [1.54, 1.807) is 18.2 Å². The number of nitrogens with zero attached hydrogens (tertiary/aromatic N) is 2. The molecule has 8 heteroatoms. The number of aromatic nitrogens is 2. The first-order valence-corrected chi connectivity index (χ1v) is 7.19. The summed E-state index contributed by atoms with van der Waals surface area (Å²) < 4.78 is 21.2. The van der Waals surface area contributed by atoms with Crippen LogP contribution < -0.4 is 14.8 Å². The minimum absolute atomic E-state index is 0.0373. The Morgan fingerprint density at radius 1 is 1.26 bits per heavy atom. The number of carbonyl (C=O) groups excluding carboxylic acids is 1. The zero-order valence-corrected chi connectivity index (χ0v) is 12.9. The molecule has 1 N–H and O–H groups in total. The van der Waals surface area contributed by atoms with E-state index in [0.717, 1.165) is 12.8 Å². The van der Waals surface area contributed by atoms with Crippen molar-refractivity contribution >= 4 is 11.9 Å². The first kappa shape index (κ1) is 15.3. The largest absolute Gasteiger partial charge is 0.493 e. The zero-order valence-electron chi connectivity index (χ0n) is 12.9. The molecular weight excluding hydrogens is 302 g/mol. The van der Waals surface area contributed by atoms with Crippen LogP contribution in [0, 0.1) is 0 Å². The number of hydrogen-bond donors (Lipinski definition) is 1. The summed E-state index contributed by atoms with van der Waals surface area (Å²) in [6.07, 6.45) is 1.61. The van der Waals surface area contributed by atoms with E-state index < -0.39 is 0 Å². The van der Waals surface area contributed by atoms with Crippen LogP contribution in [-0.2, 0) is 4.74 Å². The monoisotopic (exact) mass is 319 g/mol. The molecule has 2 aromatic rings. The van der Waals surface area contributed by atoms with Crippen molar-refractivity contribution in [3.8, 4) is 11.5 Å². The van der Waals surface area contributed by atoms with E-state index in [9.17, 15) is 4.79 Å². The minimum Gasteiger partial charge on any atom is -0.493 e. The third kappa shape index (κ3) is 3.26. The molecule has 8 nitrogen and oxygen atoms in total. The van der Waals surface area contributed by atoms with Crippen molar-refractivity contribution in [1.29, 1.82) is 0 Å². The predicted molar refractivity (Wildman–Crippen MR) is 79.7 cm³/mol. The highest BCUT2D eigenvalue weighted by Gasteiger charge is 2.24. The number of benzene rings is 1. The summed E-state index contributed by atoms with van der Waals surface area (Å²) in [4.78, 5) is 12.2. The van der Waals surface area contributed by atoms with Crippen molar-refractivity contribution in [2.24, 2.45) is 0 Å². The van der Waals surface area contributed by atoms with Gasteiger partial charge in [-0.15, -0.1) is 5.10 Å². The Balaban J connectivity index is 1.71. The van der Waals surface area contributed by atoms with E-state index in [2.05, 4.69) is 15.5 Å². The summed E-state index contributed by atoms with van der Waals surface area (Å²) in [6.45, 7) is 0.681. The fraction of sp³-hybridized carbons (Fsp3) is 0.400. The van der Waals surface area contributed by atoms with Crippen LogP contribution in [0.5, 0.6) is 11.5 Å². The molecule has 0 bridgehead atoms. The molecular formula is C15H17N3O5. The highest BCUT2D eigenvalue weighted by molar-refractivity contribution is 6.03. The normalized spacial score (nSPS) is 17.0. The third-order valence-electron chi connectivity index (χ3n) is 3.51. The van der Waals surface area contributed by atoms with Gasteiger partial charge in [-0.3, -0.25) is 10.1 Å². The van der Waals surface area contributed by atoms with Crippen LogP contribution in [0.4, 0.5) is 6.01 Å². The molecule has 1 unspecified atom stereocenters. The van der Waals surface area contributed by atoms with Gasteiger partial charge in [-0.1, -0.05) is 5.10 Å². The summed E-state index contributed by atoms with van der Waals surface area (Å²) in [5, 5.41) is 10.3. The average Bonchev–Trinajstić information content (AvgIpc) is 3.25. The lowest BCUT2D eigenvalue weighted by Crippen LogP contribution is -2.12. The maximum Gasteiger partial charge on any atom is 0.322 e. The van der Waals surface area contributed by atoms with Crippen molar-refractivity contribution in [3.05, 3.63) is 29.7 Å². The summed E-state index contributed by atoms with van der Waals surface area (Å²) >= 11 is 0. The van der Waals surface area contributed by atoms with Crippen LogP contribution in [0.2, 0.25) is 0 Å². The SMILES string of the molecule is COc1ccc(C(=O)Nc2nnc(C3CCCO3)o2)cc1OC. The van der Waals surface area contributed by atoms with E-state index >= 15 is 0 Å². The number of anilines is 1. The van der Waals surface area contributed by atoms with Gasteiger partial charge in [-0.2, -0.15) is 0 Å². The maximum absolute atomic E-state index is 12.2. The lowest BCUT2D eigenvalue weighted by Gasteiger charge is -2.08. The molecule has 122 valence electrons. The number of rotatable bonds is 5. The molecule has 1 aliphatic heterocycles. The smallest absolute Gasteiger partial charge is 0.322 e. The van der Waals surface area contributed by atoms with Crippen LogP contribution in [0.15, 0.2) is 22.6 Å². The van der Waals surface area contributed by atoms with E-state index in [0.29, 0.717) is 29.6 Å². The van der Waals surface area contributed by atoms with Gasteiger partial charge in [0.25, 0.3) is 5.91 Å². The van der Waals surface area contributed by atoms with Crippen molar-refractivity contribution in [2.45, 2.75) is 18.9 Å². The van der Waals surface area contributed by atoms with Crippen LogP contribution in [0.1, 0.15) is 35.2 Å². The van der Waals surface area contributed by atoms with E-state index in [-0.39, 0.29) is 18.0 Å². The van der Waals surface area contributed by atoms with E-state index in [1.165, 1.54) is 14.2 Å². The van der Waals surface area contributed by atoms with Gasteiger partial charge in [0.15, 0.2) is 11.5 Å². The molecule has 0 saturated carbocycles. The summed E-state index contributed by atoms with van der Waals surface area (Å²) in [5.74, 6) is 1.01. The Bertz CT molecular complexity index is 694. The van der Waals surface area contributed by atoms with Crippen molar-refractivity contribution in [2.75, 3.05) is 26.1 Å². The minimum atomic E-state index is -0.381. The summed E-state index contributed by atoms with van der Waals surface area (Å²) in [5.41, 5.74) is 0.388. The summed E-state index contributed by atoms with van der Waals surface area (Å²) in [6, 6.07) is 4.88. The lowest BCUT2D eigenvalue weighted by molar-refractivity contribution is 0.0893. The first-order chi connectivity index (χ1) is 11.2. The highest BCUT2D eigenvalue weighted by Crippen LogP contribution is 2.29. The lowest BCUT2D eigenvalue weighted by atomic mass is 10.2. The molecule has 1 saturated heterocycles. The molecule has 1 aromatic heterocycles. The van der Waals surface area contributed by atoms with Gasteiger partial charge in [0, 0.05) is 12.2 Å². The van der Waals surface area contributed by atoms with Gasteiger partial charge in [-0.05, 0) is 31.0 Å². The molecule has 0 spiro atoms. The number of methoxy groups -OCH3 is 2. The maximum atomic E-state index is 12.2. The second-order valence-corrected chi connectivity index (χ2v) is 4.97. The Morgan fingerprint density at radius 2 is 2.09 bits per heavy atom. The number of nitrogens with one attached hydrogen (secondary N) is 1. The van der Waals surface area contributed by atoms with Gasteiger partial charge in [0.1, 0.15) is 6.10 Å². The number of amides is 1. The number of carbonyl (C=O) groups is 1. The number of ether oxygens (including phenoxy) is 3. The standard InChI is InChI=1S/C15H17N3O5/c1-20-10-6-5-9(8-12(10)21-2)13(19)16-15-18-17-14(23-15)11-4-3-7-22-11/h5-6,8,11H,3-4,7H2,1-2H3,(H,16,18,19). The van der Waals surface area contributed by atoms with Crippen LogP contribution in [0.3, 0.4) is 0 Å². The molecule has 1 fully saturated rings. The molecule has 2 heterocycles. The zero-order chi connectivity index (χ0) is 16.2. The predicted octanol–water partition coefficient (Wildman–Crippen LogP) is 2.19. The topological polar surface area (TPSA) is 95.7 Å². The molecule has 0 aliphatic carbocycles. The molecule has 3 rings (SSSR count). The quantitative estimate of drug-likeness (QED) is 0.902. The average molecular weight is 319 g/mol. The Hall–Kier alpha value is -2.61. The first-order valence-electron chi connectivity index (χ1n) is 7.19. The van der Waals surface area contributed by atoms with Gasteiger partial charge < -0.3 is 18.6 Å². The van der Waals surface area contributed by atoms with Crippen LogP contribution in [-0.4, -0.2) is 36.9 Å². The van der Waals surface area contributed by atoms with Crippen LogP contribution >= 0.6 is 0 Å². The molecule has 1 aliphatic rings. The second kappa shape index (κ2) is 6.66. The fourth-order valence-corrected chi connectivity index (χ4v) is 2.33. The van der Waals surface area contributed by atoms with Crippen molar-refractivity contribution < 1.29 is 23.4 Å². The molecule has 1 aromatic carbocycles. The Morgan fingerprint density at radius 3 is 2.78 bits per heavy atom. The van der Waals surface area contributed by atoms with Gasteiger partial charge in [0.05, 0.1) is 14.2 Å². The van der Waals surface area contributed by atoms with Crippen molar-refractivity contribution in [3.63, 3.8) is 0 Å². The van der Waals surface area contributed by atoms with E-state index in [4.69, 9.17) is 18.6 Å². The summed E-state index contributed by atoms with van der Waals surface area (Å²) in [7, 11) is 3.04. The van der Waals surface area contributed by atoms with Crippen LogP contribution in [0.25, 0.3) is 0 Å². The van der Waals surface area contributed by atoms with Gasteiger partial charge >= 0.3 is 6.01 Å². The Kier molecular flexibility index (Phi) is 4.42. The van der Waals surface area contributed by atoms with Crippen molar-refractivity contribution in [1.82, 2.24) is 10.2 Å².